The van der Waals surface area contributed by atoms with Crippen LogP contribution in [0.3, 0.4) is 0 Å². The molecule has 0 radical (unpaired) electrons. The van der Waals surface area contributed by atoms with Crippen molar-refractivity contribution in [3.05, 3.63) is 84.4 Å². The van der Waals surface area contributed by atoms with E-state index in [0.29, 0.717) is 17.9 Å². The van der Waals surface area contributed by atoms with Crippen molar-refractivity contribution in [2.45, 2.75) is 50.7 Å². The molecule has 40 heavy (non-hydrogen) atoms. The Bertz CT molecular complexity index is 1380. The minimum Gasteiger partial charge on any atom is -0.493 e. The minimum absolute atomic E-state index is 0.0685. The van der Waals surface area contributed by atoms with Crippen LogP contribution in [0.4, 0.5) is 5.69 Å². The second-order valence-electron chi connectivity index (χ2n) is 9.46. The summed E-state index contributed by atoms with van der Waals surface area (Å²) < 4.78 is 39.7. The molecule has 0 bridgehead atoms. The van der Waals surface area contributed by atoms with Crippen molar-refractivity contribution in [3.8, 4) is 11.5 Å². The van der Waals surface area contributed by atoms with Gasteiger partial charge in [-0.05, 0) is 50.1 Å². The van der Waals surface area contributed by atoms with Crippen molar-refractivity contribution >= 4 is 27.5 Å². The molecule has 0 spiro atoms. The summed E-state index contributed by atoms with van der Waals surface area (Å²) in [6.07, 6.45) is 0.352. The van der Waals surface area contributed by atoms with Crippen molar-refractivity contribution in [1.82, 2.24) is 10.2 Å². The molecule has 1 unspecified atom stereocenters. The molecule has 1 N–H and O–H groups in total. The SMILES string of the molecule is CCC(C(=O)NC(C)C)N(Cc1ccccc1)C(=O)CN(c1ccccc1)S(=O)(=O)c1ccc(OC)c(OC)c1. The second-order valence-corrected chi connectivity index (χ2v) is 11.3. The van der Waals surface area contributed by atoms with Gasteiger partial charge in [-0.3, -0.25) is 13.9 Å². The first kappa shape index (κ1) is 30.5. The first-order chi connectivity index (χ1) is 19.1. The van der Waals surface area contributed by atoms with E-state index in [4.69, 9.17) is 9.47 Å². The number of methoxy groups -OCH3 is 2. The zero-order valence-electron chi connectivity index (χ0n) is 23.5. The lowest BCUT2D eigenvalue weighted by molar-refractivity contribution is -0.140. The Morgan fingerprint density at radius 1 is 0.875 bits per heavy atom. The van der Waals surface area contributed by atoms with Crippen molar-refractivity contribution in [2.24, 2.45) is 0 Å². The van der Waals surface area contributed by atoms with Crippen LogP contribution in [0.25, 0.3) is 0 Å². The molecule has 1 atom stereocenters. The first-order valence-electron chi connectivity index (χ1n) is 13.1. The normalized spacial score (nSPS) is 11.9. The van der Waals surface area contributed by atoms with Crippen LogP contribution in [0.15, 0.2) is 83.8 Å². The van der Waals surface area contributed by atoms with Crippen LogP contribution in [0.2, 0.25) is 0 Å². The van der Waals surface area contributed by atoms with Gasteiger partial charge in [0.1, 0.15) is 12.6 Å². The van der Waals surface area contributed by atoms with E-state index < -0.39 is 28.5 Å². The Hall–Kier alpha value is -4.05. The van der Waals surface area contributed by atoms with Gasteiger partial charge in [0.05, 0.1) is 24.8 Å². The number of benzene rings is 3. The van der Waals surface area contributed by atoms with Crippen molar-refractivity contribution < 1.29 is 27.5 Å². The number of nitrogens with one attached hydrogen (secondary N) is 1. The smallest absolute Gasteiger partial charge is 0.264 e. The summed E-state index contributed by atoms with van der Waals surface area (Å²) in [4.78, 5) is 28.6. The summed E-state index contributed by atoms with van der Waals surface area (Å²) in [5.74, 6) is -0.192. The largest absolute Gasteiger partial charge is 0.493 e. The number of ether oxygens (including phenoxy) is 2. The zero-order valence-corrected chi connectivity index (χ0v) is 24.4. The van der Waals surface area contributed by atoms with Crippen molar-refractivity contribution in [2.75, 3.05) is 25.1 Å². The maximum atomic E-state index is 14.0. The Kier molecular flexibility index (Phi) is 10.6. The van der Waals surface area contributed by atoms with Crippen LogP contribution < -0.4 is 19.1 Å². The summed E-state index contributed by atoms with van der Waals surface area (Å²) in [6, 6.07) is 21.0. The highest BCUT2D eigenvalue weighted by Gasteiger charge is 2.34. The molecular formula is C30H37N3O6S. The van der Waals surface area contributed by atoms with Crippen LogP contribution >= 0.6 is 0 Å². The Morgan fingerprint density at radius 3 is 2.02 bits per heavy atom. The van der Waals surface area contributed by atoms with Gasteiger partial charge in [0.2, 0.25) is 11.8 Å². The van der Waals surface area contributed by atoms with E-state index >= 15 is 0 Å². The number of hydrogen-bond acceptors (Lipinski definition) is 6. The van der Waals surface area contributed by atoms with Gasteiger partial charge in [0.25, 0.3) is 10.0 Å². The van der Waals surface area contributed by atoms with Gasteiger partial charge in [0, 0.05) is 18.7 Å². The van der Waals surface area contributed by atoms with Gasteiger partial charge in [0.15, 0.2) is 11.5 Å². The van der Waals surface area contributed by atoms with Gasteiger partial charge in [-0.15, -0.1) is 0 Å². The van der Waals surface area contributed by atoms with E-state index in [-0.39, 0.29) is 29.1 Å². The molecule has 214 valence electrons. The Balaban J connectivity index is 2.06. The van der Waals surface area contributed by atoms with Crippen LogP contribution in [0.5, 0.6) is 11.5 Å². The third kappa shape index (κ3) is 7.32. The topological polar surface area (TPSA) is 105 Å². The molecule has 0 aliphatic carbocycles. The summed E-state index contributed by atoms with van der Waals surface area (Å²) in [7, 11) is -1.36. The van der Waals surface area contributed by atoms with E-state index in [1.54, 1.807) is 30.3 Å². The van der Waals surface area contributed by atoms with E-state index in [0.717, 1.165) is 9.87 Å². The number of hydrogen-bond donors (Lipinski definition) is 1. The lowest BCUT2D eigenvalue weighted by Crippen LogP contribution is -2.53. The molecule has 9 nitrogen and oxygen atoms in total. The van der Waals surface area contributed by atoms with Crippen LogP contribution in [0, 0.1) is 0 Å². The number of anilines is 1. The number of para-hydroxylation sites is 1. The van der Waals surface area contributed by atoms with Crippen LogP contribution in [-0.4, -0.2) is 58.0 Å². The summed E-state index contributed by atoms with van der Waals surface area (Å²) >= 11 is 0. The fraction of sp³-hybridized carbons (Fsp3) is 0.333. The maximum absolute atomic E-state index is 14.0. The molecule has 2 amide bonds. The highest BCUT2D eigenvalue weighted by atomic mass is 32.2. The Labute approximate surface area is 236 Å². The summed E-state index contributed by atoms with van der Waals surface area (Å²) in [5, 5.41) is 2.89. The third-order valence-electron chi connectivity index (χ3n) is 6.28. The lowest BCUT2D eigenvalue weighted by atomic mass is 10.1. The molecule has 3 aromatic rings. The number of carbonyl (C=O) groups is 2. The summed E-state index contributed by atoms with van der Waals surface area (Å²) in [6.45, 7) is 5.15. The molecule has 0 aliphatic rings. The third-order valence-corrected chi connectivity index (χ3v) is 8.05. The molecule has 0 heterocycles. The highest BCUT2D eigenvalue weighted by Crippen LogP contribution is 2.32. The van der Waals surface area contributed by atoms with E-state index in [1.165, 1.54) is 37.3 Å². The molecule has 0 saturated heterocycles. The first-order valence-corrected chi connectivity index (χ1v) is 14.5. The minimum atomic E-state index is -4.24. The lowest BCUT2D eigenvalue weighted by Gasteiger charge is -2.33. The van der Waals surface area contributed by atoms with Crippen molar-refractivity contribution in [3.63, 3.8) is 0 Å². The molecule has 0 aromatic heterocycles. The fourth-order valence-electron chi connectivity index (χ4n) is 4.31. The molecular weight excluding hydrogens is 530 g/mol. The number of sulfonamides is 1. The van der Waals surface area contributed by atoms with E-state index in [1.807, 2.05) is 51.1 Å². The van der Waals surface area contributed by atoms with Crippen LogP contribution in [0.1, 0.15) is 32.8 Å². The molecule has 10 heteroatoms. The van der Waals surface area contributed by atoms with E-state index in [9.17, 15) is 18.0 Å². The van der Waals surface area contributed by atoms with Crippen LogP contribution in [-0.2, 0) is 26.2 Å². The monoisotopic (exact) mass is 567 g/mol. The molecule has 3 aromatic carbocycles. The van der Waals surface area contributed by atoms with Gasteiger partial charge < -0.3 is 19.7 Å². The average Bonchev–Trinajstić information content (AvgIpc) is 2.95. The van der Waals surface area contributed by atoms with Crippen molar-refractivity contribution in [1.29, 1.82) is 0 Å². The molecule has 3 rings (SSSR count). The average molecular weight is 568 g/mol. The molecule has 0 aliphatic heterocycles. The second kappa shape index (κ2) is 13.8. The molecule has 0 saturated carbocycles. The predicted molar refractivity (Wildman–Crippen MR) is 155 cm³/mol. The number of carbonyl (C=O) groups excluding carboxylic acids is 2. The quantitative estimate of drug-likeness (QED) is 0.332. The Morgan fingerprint density at radius 2 is 1.48 bits per heavy atom. The van der Waals surface area contributed by atoms with E-state index in [2.05, 4.69) is 5.32 Å². The predicted octanol–water partition coefficient (Wildman–Crippen LogP) is 4.23. The highest BCUT2D eigenvalue weighted by molar-refractivity contribution is 7.92. The van der Waals surface area contributed by atoms with Gasteiger partial charge in [-0.1, -0.05) is 55.5 Å². The number of nitrogens with zero attached hydrogens (tertiary/aromatic N) is 2. The number of amides is 2. The maximum Gasteiger partial charge on any atom is 0.264 e. The zero-order chi connectivity index (χ0) is 29.3. The fourth-order valence-corrected chi connectivity index (χ4v) is 5.74. The van der Waals surface area contributed by atoms with Gasteiger partial charge in [-0.2, -0.15) is 0 Å². The standard InChI is InChI=1S/C30H37N3O6S/c1-6-26(30(35)31-22(2)3)32(20-23-13-9-7-10-14-23)29(34)21-33(24-15-11-8-12-16-24)40(36,37)25-17-18-27(38-4)28(19-25)39-5/h7-19,22,26H,6,20-21H2,1-5H3,(H,31,35). The molecule has 0 fully saturated rings. The number of rotatable bonds is 13. The van der Waals surface area contributed by atoms with Gasteiger partial charge in [-0.25, -0.2) is 8.42 Å². The van der Waals surface area contributed by atoms with Gasteiger partial charge >= 0.3 is 0 Å². The summed E-state index contributed by atoms with van der Waals surface area (Å²) in [5.41, 5.74) is 1.13.